The third kappa shape index (κ3) is 4.09. The summed E-state index contributed by atoms with van der Waals surface area (Å²) in [5.41, 5.74) is 1.65. The first-order chi connectivity index (χ1) is 11.9. The largest absolute Gasteiger partial charge is 0.307 e. The Bertz CT molecular complexity index is 925. The van der Waals surface area contributed by atoms with Gasteiger partial charge in [-0.1, -0.05) is 60.0 Å². The van der Waals surface area contributed by atoms with E-state index in [0.717, 1.165) is 22.2 Å². The molecule has 1 fully saturated rings. The minimum atomic E-state index is -0.408. The Kier molecular flexibility index (Phi) is 5.22. The molecule has 0 atom stereocenters. The van der Waals surface area contributed by atoms with Gasteiger partial charge in [0.15, 0.2) is 0 Å². The zero-order valence-electron chi connectivity index (χ0n) is 13.0. The first-order valence-corrected chi connectivity index (χ1v) is 9.25. The van der Waals surface area contributed by atoms with Crippen LogP contribution in [0.4, 0.5) is 5.69 Å². The molecule has 2 aromatic carbocycles. The van der Waals surface area contributed by atoms with Crippen LogP contribution in [0.25, 0.3) is 6.08 Å². The maximum absolute atomic E-state index is 11.7. The molecule has 0 unspecified atom stereocenters. The summed E-state index contributed by atoms with van der Waals surface area (Å²) < 4.78 is 0.387. The van der Waals surface area contributed by atoms with Crippen molar-refractivity contribution in [2.75, 3.05) is 0 Å². The van der Waals surface area contributed by atoms with Gasteiger partial charge in [-0.2, -0.15) is 0 Å². The second-order valence-electron chi connectivity index (χ2n) is 5.20. The summed E-state index contributed by atoms with van der Waals surface area (Å²) in [5, 5.41) is 14.0. The molecular formula is C17H12N2O3S3. The first-order valence-electron chi connectivity index (χ1n) is 7.21. The van der Waals surface area contributed by atoms with Crippen LogP contribution in [0.15, 0.2) is 57.2 Å². The lowest BCUT2D eigenvalue weighted by Gasteiger charge is -2.07. The smallest absolute Gasteiger partial charge is 0.283 e. The lowest BCUT2D eigenvalue weighted by atomic mass is 10.2. The molecule has 126 valence electrons. The van der Waals surface area contributed by atoms with Crippen LogP contribution in [-0.2, 0) is 4.79 Å². The molecule has 0 saturated carbocycles. The number of aryl methyl sites for hydroxylation is 1. The molecule has 0 bridgehead atoms. The van der Waals surface area contributed by atoms with Crippen molar-refractivity contribution >= 4 is 57.7 Å². The zero-order valence-corrected chi connectivity index (χ0v) is 15.5. The Morgan fingerprint density at radius 1 is 1.24 bits per heavy atom. The van der Waals surface area contributed by atoms with E-state index in [1.54, 1.807) is 18.2 Å². The van der Waals surface area contributed by atoms with Gasteiger partial charge >= 0.3 is 0 Å². The van der Waals surface area contributed by atoms with Gasteiger partial charge in [0, 0.05) is 11.0 Å². The van der Waals surface area contributed by atoms with E-state index >= 15 is 0 Å². The van der Waals surface area contributed by atoms with Crippen LogP contribution in [0.3, 0.4) is 0 Å². The first kappa shape index (κ1) is 17.7. The van der Waals surface area contributed by atoms with Gasteiger partial charge in [-0.05, 0) is 36.3 Å². The molecule has 1 aliphatic rings. The highest BCUT2D eigenvalue weighted by Crippen LogP contribution is 2.37. The van der Waals surface area contributed by atoms with Crippen LogP contribution in [0, 0.1) is 17.0 Å². The Balaban J connectivity index is 1.95. The fourth-order valence-electron chi connectivity index (χ4n) is 2.21. The van der Waals surface area contributed by atoms with Gasteiger partial charge in [-0.25, -0.2) is 0 Å². The summed E-state index contributed by atoms with van der Waals surface area (Å²) in [4.78, 5) is 24.7. The quantitative estimate of drug-likeness (QED) is 0.359. The van der Waals surface area contributed by atoms with Crippen molar-refractivity contribution in [2.24, 2.45) is 0 Å². The van der Waals surface area contributed by atoms with Crippen molar-refractivity contribution in [3.8, 4) is 0 Å². The van der Waals surface area contributed by atoms with Crippen molar-refractivity contribution in [3.05, 3.63) is 68.6 Å². The van der Waals surface area contributed by atoms with Gasteiger partial charge in [0.05, 0.1) is 14.7 Å². The summed E-state index contributed by atoms with van der Waals surface area (Å²) in [6.07, 6.45) is 1.61. The van der Waals surface area contributed by atoms with Crippen molar-refractivity contribution in [3.63, 3.8) is 0 Å². The van der Waals surface area contributed by atoms with E-state index in [1.807, 2.05) is 31.2 Å². The number of hydrogen-bond acceptors (Lipinski definition) is 6. The number of nitro groups is 1. The zero-order chi connectivity index (χ0) is 18.0. The molecular weight excluding hydrogens is 376 g/mol. The number of thiocarbonyl (C=S) groups is 1. The van der Waals surface area contributed by atoms with Crippen LogP contribution in [0.2, 0.25) is 0 Å². The molecule has 0 aromatic heterocycles. The Hall–Kier alpha value is -2.16. The van der Waals surface area contributed by atoms with E-state index in [4.69, 9.17) is 12.2 Å². The molecule has 1 aliphatic heterocycles. The monoisotopic (exact) mass is 388 g/mol. The second-order valence-corrected chi connectivity index (χ2v) is 8.01. The lowest BCUT2D eigenvalue weighted by Crippen LogP contribution is -2.17. The van der Waals surface area contributed by atoms with Crippen LogP contribution >= 0.6 is 35.7 Å². The minimum absolute atomic E-state index is 0.00795. The molecule has 25 heavy (non-hydrogen) atoms. The van der Waals surface area contributed by atoms with Gasteiger partial charge in [0.25, 0.3) is 11.6 Å². The molecule has 1 saturated heterocycles. The number of nitrogens with zero attached hydrogens (tertiary/aromatic N) is 1. The van der Waals surface area contributed by atoms with Crippen molar-refractivity contribution in [1.29, 1.82) is 0 Å². The summed E-state index contributed by atoms with van der Waals surface area (Å²) in [5.74, 6) is -0.281. The standard InChI is InChI=1S/C17H12N2O3S3/c1-10-4-2-3-5-13(10)24-14-7-6-11(8-12(14)19(21)22)9-15-16(20)18-17(23)25-15/h2-9H,1H3,(H,18,20,23)/b15-9+. The third-order valence-corrected chi connectivity index (χ3v) is 5.84. The maximum atomic E-state index is 11.7. The van der Waals surface area contributed by atoms with Crippen LogP contribution in [0.1, 0.15) is 11.1 Å². The summed E-state index contributed by atoms with van der Waals surface area (Å²) in [6, 6.07) is 12.7. The van der Waals surface area contributed by atoms with E-state index in [9.17, 15) is 14.9 Å². The van der Waals surface area contributed by atoms with Gasteiger partial charge < -0.3 is 5.32 Å². The molecule has 5 nitrogen and oxygen atoms in total. The molecule has 0 aliphatic carbocycles. The second kappa shape index (κ2) is 7.38. The molecule has 2 aromatic rings. The molecule has 3 rings (SSSR count). The van der Waals surface area contributed by atoms with Crippen LogP contribution in [0.5, 0.6) is 0 Å². The fraction of sp³-hybridized carbons (Fsp3) is 0.0588. The Labute approximate surface area is 158 Å². The van der Waals surface area contributed by atoms with Crippen LogP contribution < -0.4 is 5.32 Å². The number of thioether (sulfide) groups is 1. The number of nitro benzene ring substituents is 1. The molecule has 8 heteroatoms. The van der Waals surface area contributed by atoms with Gasteiger partial charge in [0.1, 0.15) is 4.32 Å². The third-order valence-electron chi connectivity index (χ3n) is 3.43. The number of hydrogen-bond donors (Lipinski definition) is 1. The van der Waals surface area contributed by atoms with Crippen LogP contribution in [-0.4, -0.2) is 15.2 Å². The topological polar surface area (TPSA) is 72.2 Å². The molecule has 1 heterocycles. The minimum Gasteiger partial charge on any atom is -0.307 e. The molecule has 1 N–H and O–H groups in total. The normalized spacial score (nSPS) is 15.5. The average molecular weight is 388 g/mol. The highest BCUT2D eigenvalue weighted by molar-refractivity contribution is 8.26. The van der Waals surface area contributed by atoms with E-state index in [0.29, 0.717) is 19.7 Å². The van der Waals surface area contributed by atoms with Gasteiger partial charge in [-0.15, -0.1) is 0 Å². The van der Waals surface area contributed by atoms with Gasteiger partial charge in [-0.3, -0.25) is 14.9 Å². The summed E-state index contributed by atoms with van der Waals surface area (Å²) in [7, 11) is 0. The Morgan fingerprint density at radius 3 is 2.64 bits per heavy atom. The molecule has 0 spiro atoms. The van der Waals surface area contributed by atoms with Gasteiger partial charge in [0.2, 0.25) is 0 Å². The van der Waals surface area contributed by atoms with E-state index in [-0.39, 0.29) is 11.6 Å². The van der Waals surface area contributed by atoms with E-state index < -0.39 is 4.92 Å². The van der Waals surface area contributed by atoms with Crippen molar-refractivity contribution in [1.82, 2.24) is 5.32 Å². The van der Waals surface area contributed by atoms with Crippen molar-refractivity contribution < 1.29 is 9.72 Å². The highest BCUT2D eigenvalue weighted by atomic mass is 32.2. The summed E-state index contributed by atoms with van der Waals surface area (Å²) >= 11 is 7.44. The number of carbonyl (C=O) groups is 1. The maximum Gasteiger partial charge on any atom is 0.283 e. The average Bonchev–Trinajstić information content (AvgIpc) is 2.88. The summed E-state index contributed by atoms with van der Waals surface area (Å²) in [6.45, 7) is 1.96. The fourth-order valence-corrected chi connectivity index (χ4v) is 4.25. The SMILES string of the molecule is Cc1ccccc1Sc1ccc(/C=C2/SC(=S)NC2=O)cc1[N+](=O)[O-]. The van der Waals surface area contributed by atoms with E-state index in [2.05, 4.69) is 5.32 Å². The number of amides is 1. The van der Waals surface area contributed by atoms with E-state index in [1.165, 1.54) is 17.8 Å². The number of rotatable bonds is 4. The highest BCUT2D eigenvalue weighted by Gasteiger charge is 2.23. The number of nitrogens with one attached hydrogen (secondary N) is 1. The lowest BCUT2D eigenvalue weighted by molar-refractivity contribution is -0.387. The predicted octanol–water partition coefficient (Wildman–Crippen LogP) is 4.54. The number of benzene rings is 2. The number of carbonyl (C=O) groups excluding carboxylic acids is 1. The molecule has 1 amide bonds. The van der Waals surface area contributed by atoms with Crippen molar-refractivity contribution in [2.45, 2.75) is 16.7 Å². The predicted molar refractivity (Wildman–Crippen MR) is 105 cm³/mol. The Morgan fingerprint density at radius 2 is 2.00 bits per heavy atom. The molecule has 0 radical (unpaired) electrons.